The summed E-state index contributed by atoms with van der Waals surface area (Å²) in [7, 11) is 0. The molecule has 4 heteroatoms. The Labute approximate surface area is 125 Å². The standard InChI is InChI=1S/C16H23N3S/c1-4-13-9-7-8-10-15(13)17-11-14-12-18-16(20-14)19(5-2)6-3/h7-10,12,17H,4-6,11H2,1-3H3. The van der Waals surface area contributed by atoms with Gasteiger partial charge in [-0.25, -0.2) is 4.98 Å². The average Bonchev–Trinajstić information content (AvgIpc) is 2.95. The molecule has 3 nitrogen and oxygen atoms in total. The molecule has 20 heavy (non-hydrogen) atoms. The summed E-state index contributed by atoms with van der Waals surface area (Å²) in [5.74, 6) is 0. The Balaban J connectivity index is 2.01. The van der Waals surface area contributed by atoms with Crippen LogP contribution < -0.4 is 10.2 Å². The van der Waals surface area contributed by atoms with Crippen LogP contribution in [0, 0.1) is 0 Å². The summed E-state index contributed by atoms with van der Waals surface area (Å²) in [4.78, 5) is 8.08. The minimum atomic E-state index is 0.843. The second-order valence-electron chi connectivity index (χ2n) is 4.65. The first-order valence-corrected chi connectivity index (χ1v) is 8.11. The smallest absolute Gasteiger partial charge is 0.185 e. The Morgan fingerprint density at radius 3 is 2.60 bits per heavy atom. The van der Waals surface area contributed by atoms with Crippen LogP contribution in [0.3, 0.4) is 0 Å². The van der Waals surface area contributed by atoms with E-state index in [1.54, 1.807) is 11.3 Å². The third kappa shape index (κ3) is 3.51. The largest absolute Gasteiger partial charge is 0.380 e. The van der Waals surface area contributed by atoms with Crippen molar-refractivity contribution in [3.05, 3.63) is 40.9 Å². The summed E-state index contributed by atoms with van der Waals surface area (Å²) < 4.78 is 0. The first-order valence-electron chi connectivity index (χ1n) is 7.29. The van der Waals surface area contributed by atoms with E-state index in [4.69, 9.17) is 0 Å². The van der Waals surface area contributed by atoms with Crippen LogP contribution in [0.5, 0.6) is 0 Å². The molecule has 2 aromatic rings. The molecule has 108 valence electrons. The molecule has 0 amide bonds. The second kappa shape index (κ2) is 7.29. The van der Waals surface area contributed by atoms with Gasteiger partial charge < -0.3 is 10.2 Å². The minimum absolute atomic E-state index is 0.843. The zero-order valence-electron chi connectivity index (χ0n) is 12.5. The maximum atomic E-state index is 4.52. The molecule has 0 unspecified atom stereocenters. The molecule has 0 aliphatic carbocycles. The van der Waals surface area contributed by atoms with E-state index in [1.165, 1.54) is 16.1 Å². The first kappa shape index (κ1) is 14.9. The van der Waals surface area contributed by atoms with E-state index in [9.17, 15) is 0 Å². The van der Waals surface area contributed by atoms with Gasteiger partial charge in [-0.2, -0.15) is 0 Å². The lowest BCUT2D eigenvalue weighted by atomic mass is 10.1. The summed E-state index contributed by atoms with van der Waals surface area (Å²) in [6.07, 6.45) is 3.04. The predicted molar refractivity (Wildman–Crippen MR) is 88.8 cm³/mol. The SMILES string of the molecule is CCc1ccccc1NCc1cnc(N(CC)CC)s1. The number of benzene rings is 1. The van der Waals surface area contributed by atoms with Crippen molar-refractivity contribution in [2.24, 2.45) is 0 Å². The molecular weight excluding hydrogens is 266 g/mol. The van der Waals surface area contributed by atoms with Crippen LogP contribution >= 0.6 is 11.3 Å². The highest BCUT2D eigenvalue weighted by Crippen LogP contribution is 2.24. The van der Waals surface area contributed by atoms with Gasteiger partial charge in [-0.05, 0) is 31.9 Å². The molecule has 1 aromatic heterocycles. The van der Waals surface area contributed by atoms with Gasteiger partial charge in [0.1, 0.15) is 0 Å². The molecule has 0 saturated heterocycles. The summed E-state index contributed by atoms with van der Waals surface area (Å²) in [6, 6.07) is 8.49. The lowest BCUT2D eigenvalue weighted by Gasteiger charge is -2.16. The Hall–Kier alpha value is -1.55. The predicted octanol–water partition coefficient (Wildman–Crippen LogP) is 4.16. The van der Waals surface area contributed by atoms with Gasteiger partial charge in [0.2, 0.25) is 0 Å². The molecule has 0 aliphatic rings. The monoisotopic (exact) mass is 289 g/mol. The van der Waals surface area contributed by atoms with Gasteiger partial charge in [-0.15, -0.1) is 11.3 Å². The highest BCUT2D eigenvalue weighted by atomic mass is 32.1. The second-order valence-corrected chi connectivity index (χ2v) is 5.74. The average molecular weight is 289 g/mol. The molecule has 0 bridgehead atoms. The van der Waals surface area contributed by atoms with Crippen molar-refractivity contribution in [1.82, 2.24) is 4.98 Å². The van der Waals surface area contributed by atoms with Crippen molar-refractivity contribution < 1.29 is 0 Å². The van der Waals surface area contributed by atoms with Gasteiger partial charge in [0, 0.05) is 29.9 Å². The maximum Gasteiger partial charge on any atom is 0.185 e. The van der Waals surface area contributed by atoms with E-state index in [1.807, 2.05) is 6.20 Å². The van der Waals surface area contributed by atoms with Crippen molar-refractivity contribution in [3.63, 3.8) is 0 Å². The number of aromatic nitrogens is 1. The Bertz CT molecular complexity index is 532. The van der Waals surface area contributed by atoms with Gasteiger partial charge in [0.15, 0.2) is 5.13 Å². The summed E-state index contributed by atoms with van der Waals surface area (Å²) in [6.45, 7) is 9.38. The van der Waals surface area contributed by atoms with Crippen molar-refractivity contribution in [1.29, 1.82) is 0 Å². The van der Waals surface area contributed by atoms with E-state index in [0.29, 0.717) is 0 Å². The fourth-order valence-corrected chi connectivity index (χ4v) is 3.18. The van der Waals surface area contributed by atoms with Crippen molar-refractivity contribution in [2.75, 3.05) is 23.3 Å². The van der Waals surface area contributed by atoms with Gasteiger partial charge in [0.05, 0.1) is 6.54 Å². The number of hydrogen-bond acceptors (Lipinski definition) is 4. The van der Waals surface area contributed by atoms with Crippen LogP contribution in [0.15, 0.2) is 30.5 Å². The number of hydrogen-bond donors (Lipinski definition) is 1. The van der Waals surface area contributed by atoms with Crippen LogP contribution in [-0.2, 0) is 13.0 Å². The zero-order chi connectivity index (χ0) is 14.4. The molecule has 0 aliphatic heterocycles. The fraction of sp³-hybridized carbons (Fsp3) is 0.438. The normalized spacial score (nSPS) is 10.6. The molecule has 0 saturated carbocycles. The highest BCUT2D eigenvalue weighted by molar-refractivity contribution is 7.15. The van der Waals surface area contributed by atoms with E-state index >= 15 is 0 Å². The van der Waals surface area contributed by atoms with Gasteiger partial charge in [-0.3, -0.25) is 0 Å². The number of anilines is 2. The molecule has 0 fully saturated rings. The van der Waals surface area contributed by atoms with Gasteiger partial charge >= 0.3 is 0 Å². The highest BCUT2D eigenvalue weighted by Gasteiger charge is 2.08. The van der Waals surface area contributed by atoms with E-state index in [-0.39, 0.29) is 0 Å². The minimum Gasteiger partial charge on any atom is -0.380 e. The molecular formula is C16H23N3S. The molecule has 2 rings (SSSR count). The van der Waals surface area contributed by atoms with Crippen LogP contribution in [-0.4, -0.2) is 18.1 Å². The summed E-state index contributed by atoms with van der Waals surface area (Å²) >= 11 is 1.78. The van der Waals surface area contributed by atoms with Crippen LogP contribution in [0.4, 0.5) is 10.8 Å². The zero-order valence-corrected chi connectivity index (χ0v) is 13.3. The summed E-state index contributed by atoms with van der Waals surface area (Å²) in [5, 5.41) is 4.64. The number of thiazole rings is 1. The van der Waals surface area contributed by atoms with Crippen LogP contribution in [0.25, 0.3) is 0 Å². The third-order valence-electron chi connectivity index (χ3n) is 3.43. The van der Waals surface area contributed by atoms with Crippen LogP contribution in [0.2, 0.25) is 0 Å². The van der Waals surface area contributed by atoms with Crippen LogP contribution in [0.1, 0.15) is 31.2 Å². The maximum absolute atomic E-state index is 4.52. The lowest BCUT2D eigenvalue weighted by Crippen LogP contribution is -2.21. The number of para-hydroxylation sites is 1. The van der Waals surface area contributed by atoms with E-state index in [0.717, 1.165) is 31.2 Å². The molecule has 0 radical (unpaired) electrons. The number of rotatable bonds is 7. The first-order chi connectivity index (χ1) is 9.78. The van der Waals surface area contributed by atoms with E-state index in [2.05, 4.69) is 60.2 Å². The van der Waals surface area contributed by atoms with Crippen molar-refractivity contribution >= 4 is 22.2 Å². The number of aryl methyl sites for hydroxylation is 1. The number of nitrogens with zero attached hydrogens (tertiary/aromatic N) is 2. The topological polar surface area (TPSA) is 28.2 Å². The molecule has 1 N–H and O–H groups in total. The van der Waals surface area contributed by atoms with Gasteiger partial charge in [0.25, 0.3) is 0 Å². The summed E-state index contributed by atoms with van der Waals surface area (Å²) in [5.41, 5.74) is 2.59. The Morgan fingerprint density at radius 2 is 1.90 bits per heavy atom. The van der Waals surface area contributed by atoms with E-state index < -0.39 is 0 Å². The molecule has 1 heterocycles. The van der Waals surface area contributed by atoms with Gasteiger partial charge in [-0.1, -0.05) is 25.1 Å². The third-order valence-corrected chi connectivity index (χ3v) is 4.48. The number of nitrogens with one attached hydrogen (secondary N) is 1. The van der Waals surface area contributed by atoms with Crippen molar-refractivity contribution in [2.45, 2.75) is 33.7 Å². The molecule has 0 atom stereocenters. The van der Waals surface area contributed by atoms with Crippen molar-refractivity contribution in [3.8, 4) is 0 Å². The Morgan fingerprint density at radius 1 is 1.15 bits per heavy atom. The Kier molecular flexibility index (Phi) is 5.41. The fourth-order valence-electron chi connectivity index (χ4n) is 2.20. The molecule has 0 spiro atoms. The quantitative estimate of drug-likeness (QED) is 0.829. The lowest BCUT2D eigenvalue weighted by molar-refractivity contribution is 0.860. The molecule has 1 aromatic carbocycles.